The van der Waals surface area contributed by atoms with Crippen molar-refractivity contribution >= 4 is 16.7 Å². The van der Waals surface area contributed by atoms with Crippen LogP contribution in [0.15, 0.2) is 52.9 Å². The molecule has 96 valence electrons. The lowest BCUT2D eigenvalue weighted by Crippen LogP contribution is -1.98. The molecule has 3 nitrogen and oxygen atoms in total. The molecule has 0 bridgehead atoms. The smallest absolute Gasteiger partial charge is 0.138 e. The molecule has 3 aromatic rings. The van der Waals surface area contributed by atoms with Crippen LogP contribution in [0.5, 0.6) is 0 Å². The lowest BCUT2D eigenvalue weighted by molar-refractivity contribution is 0.192. The number of halogens is 1. The summed E-state index contributed by atoms with van der Waals surface area (Å²) in [5, 5.41) is 10.9. The van der Waals surface area contributed by atoms with Crippen LogP contribution >= 0.6 is 0 Å². The zero-order valence-corrected chi connectivity index (χ0v) is 10.0. The summed E-state index contributed by atoms with van der Waals surface area (Å²) in [6.07, 6.45) is -0.918. The summed E-state index contributed by atoms with van der Waals surface area (Å²) in [6.45, 7) is 0. The van der Waals surface area contributed by atoms with E-state index in [0.29, 0.717) is 28.0 Å². The highest BCUT2D eigenvalue weighted by atomic mass is 19.1. The van der Waals surface area contributed by atoms with Crippen molar-refractivity contribution in [1.29, 1.82) is 0 Å². The molecular formula is C15H12FNO2. The highest BCUT2D eigenvalue weighted by Crippen LogP contribution is 2.29. The van der Waals surface area contributed by atoms with Gasteiger partial charge in [-0.3, -0.25) is 0 Å². The van der Waals surface area contributed by atoms with Crippen molar-refractivity contribution < 1.29 is 13.9 Å². The van der Waals surface area contributed by atoms with Gasteiger partial charge in [0.2, 0.25) is 0 Å². The fraction of sp³-hybridized carbons (Fsp3) is 0.0667. The minimum absolute atomic E-state index is 0.335. The van der Waals surface area contributed by atoms with Crippen molar-refractivity contribution in [2.45, 2.75) is 6.10 Å². The number of benzene rings is 2. The van der Waals surface area contributed by atoms with Crippen molar-refractivity contribution in [3.05, 3.63) is 65.7 Å². The Hall–Kier alpha value is -2.33. The highest BCUT2D eigenvalue weighted by Gasteiger charge is 2.16. The fourth-order valence-electron chi connectivity index (χ4n) is 2.06. The number of nitrogens with two attached hydrogens (primary N) is 1. The Bertz CT molecular complexity index is 736. The van der Waals surface area contributed by atoms with E-state index in [1.54, 1.807) is 36.4 Å². The number of hydrogen-bond donors (Lipinski definition) is 2. The summed E-state index contributed by atoms with van der Waals surface area (Å²) >= 11 is 0. The Balaban J connectivity index is 2.04. The molecule has 4 heteroatoms. The standard InChI is InChI=1S/C15H12FNO2/c16-11-4-5-13-10(6-11)8-14(19-13)15(18)9-2-1-3-12(17)7-9/h1-8,15,18H,17H2. The van der Waals surface area contributed by atoms with Gasteiger partial charge in [-0.25, -0.2) is 4.39 Å². The van der Waals surface area contributed by atoms with Gasteiger partial charge < -0.3 is 15.3 Å². The number of furan rings is 1. The molecule has 0 fully saturated rings. The molecule has 1 aromatic heterocycles. The Kier molecular flexibility index (Phi) is 2.72. The van der Waals surface area contributed by atoms with Gasteiger partial charge in [0.25, 0.3) is 0 Å². The summed E-state index contributed by atoms with van der Waals surface area (Å²) in [5.41, 5.74) is 7.43. The SMILES string of the molecule is Nc1cccc(C(O)c2cc3cc(F)ccc3o2)c1. The summed E-state index contributed by atoms with van der Waals surface area (Å²) < 4.78 is 18.6. The molecule has 1 atom stereocenters. The summed E-state index contributed by atoms with van der Waals surface area (Å²) in [4.78, 5) is 0. The minimum atomic E-state index is -0.918. The summed E-state index contributed by atoms with van der Waals surface area (Å²) in [5.74, 6) is 0.0319. The van der Waals surface area contributed by atoms with Crippen molar-refractivity contribution in [2.75, 3.05) is 5.73 Å². The lowest BCUT2D eigenvalue weighted by Gasteiger charge is -2.08. The Morgan fingerprint density at radius 3 is 2.74 bits per heavy atom. The maximum atomic E-state index is 13.1. The van der Waals surface area contributed by atoms with Crippen LogP contribution in [0.1, 0.15) is 17.4 Å². The molecule has 3 N–H and O–H groups in total. The third-order valence-electron chi connectivity index (χ3n) is 2.99. The average Bonchev–Trinajstić information content (AvgIpc) is 2.80. The summed E-state index contributed by atoms with van der Waals surface area (Å²) in [7, 11) is 0. The first-order valence-electron chi connectivity index (χ1n) is 5.86. The Labute approximate surface area is 109 Å². The van der Waals surface area contributed by atoms with Crippen LogP contribution in [0.4, 0.5) is 10.1 Å². The van der Waals surface area contributed by atoms with Crippen molar-refractivity contribution in [3.8, 4) is 0 Å². The van der Waals surface area contributed by atoms with E-state index >= 15 is 0 Å². The van der Waals surface area contributed by atoms with Crippen LogP contribution in [0, 0.1) is 5.82 Å². The number of aliphatic hydroxyl groups is 1. The molecule has 0 aliphatic carbocycles. The Morgan fingerprint density at radius 2 is 1.95 bits per heavy atom. The predicted molar refractivity (Wildman–Crippen MR) is 71.1 cm³/mol. The van der Waals surface area contributed by atoms with Crippen LogP contribution in [-0.4, -0.2) is 5.11 Å². The first-order valence-corrected chi connectivity index (χ1v) is 5.86. The van der Waals surface area contributed by atoms with E-state index in [-0.39, 0.29) is 5.82 Å². The lowest BCUT2D eigenvalue weighted by atomic mass is 10.1. The predicted octanol–water partition coefficient (Wildman–Crippen LogP) is 3.24. The average molecular weight is 257 g/mol. The second-order valence-electron chi connectivity index (χ2n) is 4.40. The molecule has 0 aliphatic rings. The first kappa shape index (κ1) is 11.7. The van der Waals surface area contributed by atoms with Crippen LogP contribution in [-0.2, 0) is 0 Å². The number of fused-ring (bicyclic) bond motifs is 1. The van der Waals surface area contributed by atoms with Gasteiger partial charge in [0.1, 0.15) is 23.3 Å². The molecule has 19 heavy (non-hydrogen) atoms. The fourth-order valence-corrected chi connectivity index (χ4v) is 2.06. The number of aliphatic hydroxyl groups excluding tert-OH is 1. The topological polar surface area (TPSA) is 59.4 Å². The van der Waals surface area contributed by atoms with E-state index in [9.17, 15) is 9.50 Å². The normalized spacial score (nSPS) is 12.7. The minimum Gasteiger partial charge on any atom is -0.458 e. The van der Waals surface area contributed by atoms with Gasteiger partial charge >= 0.3 is 0 Å². The van der Waals surface area contributed by atoms with Gasteiger partial charge in [-0.15, -0.1) is 0 Å². The largest absolute Gasteiger partial charge is 0.458 e. The molecule has 3 rings (SSSR count). The summed E-state index contributed by atoms with van der Waals surface area (Å²) in [6, 6.07) is 12.8. The van der Waals surface area contributed by atoms with Crippen molar-refractivity contribution in [2.24, 2.45) is 0 Å². The monoisotopic (exact) mass is 257 g/mol. The van der Waals surface area contributed by atoms with E-state index in [0.717, 1.165) is 0 Å². The van der Waals surface area contributed by atoms with E-state index in [1.807, 2.05) is 0 Å². The number of anilines is 1. The molecular weight excluding hydrogens is 245 g/mol. The molecule has 0 spiro atoms. The third kappa shape index (κ3) is 2.18. The zero-order chi connectivity index (χ0) is 13.4. The maximum Gasteiger partial charge on any atom is 0.138 e. The zero-order valence-electron chi connectivity index (χ0n) is 10.0. The molecule has 0 saturated carbocycles. The number of hydrogen-bond acceptors (Lipinski definition) is 3. The molecule has 0 saturated heterocycles. The second kappa shape index (κ2) is 4.40. The Morgan fingerprint density at radius 1 is 1.11 bits per heavy atom. The molecule has 2 aromatic carbocycles. The first-order chi connectivity index (χ1) is 9.13. The van der Waals surface area contributed by atoms with Crippen LogP contribution in [0.3, 0.4) is 0 Å². The number of rotatable bonds is 2. The van der Waals surface area contributed by atoms with Gasteiger partial charge in [-0.2, -0.15) is 0 Å². The van der Waals surface area contributed by atoms with Crippen molar-refractivity contribution in [3.63, 3.8) is 0 Å². The molecule has 1 unspecified atom stereocenters. The second-order valence-corrected chi connectivity index (χ2v) is 4.40. The van der Waals surface area contributed by atoms with Gasteiger partial charge in [0, 0.05) is 11.1 Å². The van der Waals surface area contributed by atoms with E-state index in [1.165, 1.54) is 12.1 Å². The highest BCUT2D eigenvalue weighted by molar-refractivity contribution is 5.78. The van der Waals surface area contributed by atoms with Crippen LogP contribution in [0.2, 0.25) is 0 Å². The quantitative estimate of drug-likeness (QED) is 0.693. The van der Waals surface area contributed by atoms with Gasteiger partial charge in [-0.1, -0.05) is 12.1 Å². The molecule has 0 radical (unpaired) electrons. The van der Waals surface area contributed by atoms with Gasteiger partial charge in [-0.05, 0) is 42.0 Å². The number of nitrogen functional groups attached to an aromatic ring is 1. The van der Waals surface area contributed by atoms with Crippen LogP contribution < -0.4 is 5.73 Å². The van der Waals surface area contributed by atoms with Gasteiger partial charge in [0.05, 0.1) is 0 Å². The van der Waals surface area contributed by atoms with E-state index in [2.05, 4.69) is 0 Å². The van der Waals surface area contributed by atoms with E-state index < -0.39 is 6.10 Å². The van der Waals surface area contributed by atoms with E-state index in [4.69, 9.17) is 10.2 Å². The molecule has 0 amide bonds. The van der Waals surface area contributed by atoms with Crippen LogP contribution in [0.25, 0.3) is 11.0 Å². The molecule has 1 heterocycles. The molecule has 0 aliphatic heterocycles. The van der Waals surface area contributed by atoms with Gasteiger partial charge in [0.15, 0.2) is 0 Å². The maximum absolute atomic E-state index is 13.1. The third-order valence-corrected chi connectivity index (χ3v) is 2.99. The van der Waals surface area contributed by atoms with Crippen molar-refractivity contribution in [1.82, 2.24) is 0 Å².